The van der Waals surface area contributed by atoms with Gasteiger partial charge in [0.1, 0.15) is 0 Å². The molecule has 0 aromatic heterocycles. The van der Waals surface area contributed by atoms with E-state index in [1.807, 2.05) is 0 Å². The Morgan fingerprint density at radius 1 is 1.03 bits per heavy atom. The monoisotopic (exact) mass is 547 g/mol. The third-order valence-corrected chi connectivity index (χ3v) is 7.94. The number of unbranched alkanes of at least 4 members (excludes halogenated alkanes) is 5. The van der Waals surface area contributed by atoms with Crippen LogP contribution in [0.15, 0.2) is 12.1 Å². The van der Waals surface area contributed by atoms with Crippen molar-refractivity contribution in [3.63, 3.8) is 0 Å². The van der Waals surface area contributed by atoms with E-state index in [4.69, 9.17) is 14.6 Å². The number of carbonyl (C=O) groups is 1. The molecule has 2 atom stereocenters. The van der Waals surface area contributed by atoms with Crippen LogP contribution >= 0.6 is 0 Å². The van der Waals surface area contributed by atoms with Gasteiger partial charge in [-0.25, -0.2) is 0 Å². The van der Waals surface area contributed by atoms with Crippen LogP contribution in [0.1, 0.15) is 108 Å². The van der Waals surface area contributed by atoms with Crippen molar-refractivity contribution < 1.29 is 19.4 Å². The maximum absolute atomic E-state index is 9.57. The summed E-state index contributed by atoms with van der Waals surface area (Å²) in [6.45, 7) is 12.8. The van der Waals surface area contributed by atoms with Gasteiger partial charge in [-0.3, -0.25) is 9.69 Å². The molecule has 1 aromatic rings. The molecule has 0 spiro atoms. The number of benzene rings is 1. The Labute approximate surface area is 238 Å². The molecule has 7 heteroatoms. The molecule has 2 heterocycles. The van der Waals surface area contributed by atoms with Crippen molar-refractivity contribution in [1.29, 1.82) is 0 Å². The summed E-state index contributed by atoms with van der Waals surface area (Å²) >= 11 is 0. The quantitative estimate of drug-likeness (QED) is 0.170. The molecule has 1 aromatic carbocycles. The predicted molar refractivity (Wildman–Crippen MR) is 161 cm³/mol. The number of carbonyl (C=O) groups excluding carboxylic acids is 1. The van der Waals surface area contributed by atoms with Crippen LogP contribution in [0, 0.1) is 0 Å². The van der Waals surface area contributed by atoms with Gasteiger partial charge in [-0.05, 0) is 101 Å². The average Bonchev–Trinajstić information content (AvgIpc) is 3.58. The molecule has 1 amide bonds. The summed E-state index contributed by atoms with van der Waals surface area (Å²) in [4.78, 5) is 14.8. The summed E-state index contributed by atoms with van der Waals surface area (Å²) in [5.41, 5.74) is 2.76. The average molecular weight is 548 g/mol. The standard InChI is InChI=1S/C27H46N2O3.C5H11NO/c1-4-6-8-14-29-20-24(18-25(29)12-15-28(3)13-9-7-10-16-30)23-17-22(11-5-2)27-26(19-23)31-21-32-27;1-2-3-4-6-5-7/h17,19,24-25,30H,4-16,18,20-21H2,1-3H3;5H,2-4H2,1H3,(H,6,7). The highest BCUT2D eigenvalue weighted by atomic mass is 16.7. The molecule has 39 heavy (non-hydrogen) atoms. The van der Waals surface area contributed by atoms with Gasteiger partial charge in [-0.1, -0.05) is 52.5 Å². The van der Waals surface area contributed by atoms with Gasteiger partial charge in [0.05, 0.1) is 0 Å². The molecule has 1 saturated heterocycles. The van der Waals surface area contributed by atoms with E-state index < -0.39 is 0 Å². The van der Waals surface area contributed by atoms with Crippen LogP contribution < -0.4 is 14.8 Å². The maximum Gasteiger partial charge on any atom is 0.231 e. The van der Waals surface area contributed by atoms with Crippen LogP contribution in [0.25, 0.3) is 0 Å². The molecular formula is C32H57N3O4. The third kappa shape index (κ3) is 12.1. The number of nitrogens with one attached hydrogen (secondary N) is 1. The largest absolute Gasteiger partial charge is 0.454 e. The minimum atomic E-state index is 0.319. The fourth-order valence-corrected chi connectivity index (χ4v) is 5.65. The lowest BCUT2D eigenvalue weighted by Gasteiger charge is -2.26. The number of aliphatic hydroxyl groups is 1. The number of rotatable bonds is 19. The van der Waals surface area contributed by atoms with Gasteiger partial charge in [-0.15, -0.1) is 0 Å². The Bertz CT molecular complexity index is 791. The highest BCUT2D eigenvalue weighted by Gasteiger charge is 2.33. The van der Waals surface area contributed by atoms with Gasteiger partial charge in [0, 0.05) is 25.7 Å². The van der Waals surface area contributed by atoms with Crippen LogP contribution in [0.3, 0.4) is 0 Å². The summed E-state index contributed by atoms with van der Waals surface area (Å²) in [5, 5.41) is 11.5. The first-order valence-electron chi connectivity index (χ1n) is 15.7. The van der Waals surface area contributed by atoms with Crippen LogP contribution in [-0.2, 0) is 11.2 Å². The second kappa shape index (κ2) is 20.1. The molecule has 0 radical (unpaired) electrons. The van der Waals surface area contributed by atoms with E-state index in [-0.39, 0.29) is 0 Å². The highest BCUT2D eigenvalue weighted by molar-refractivity contribution is 5.52. The maximum atomic E-state index is 9.57. The SMILES string of the molecule is CCCCCN1CC(c2cc(CCC)c3c(c2)OCO3)CC1CCN(C)CCCCCO.CCCCNC=O. The lowest BCUT2D eigenvalue weighted by atomic mass is 9.92. The summed E-state index contributed by atoms with van der Waals surface area (Å²) < 4.78 is 11.6. The number of aryl methyl sites for hydroxylation is 1. The van der Waals surface area contributed by atoms with Crippen LogP contribution in [-0.4, -0.2) is 80.5 Å². The molecule has 1 fully saturated rings. The smallest absolute Gasteiger partial charge is 0.231 e. The Balaban J connectivity index is 0.000000673. The number of ether oxygens (including phenoxy) is 2. The molecule has 2 aliphatic rings. The van der Waals surface area contributed by atoms with E-state index in [1.54, 1.807) is 0 Å². The Morgan fingerprint density at radius 2 is 1.85 bits per heavy atom. The minimum Gasteiger partial charge on any atom is -0.454 e. The number of hydrogen-bond donors (Lipinski definition) is 2. The summed E-state index contributed by atoms with van der Waals surface area (Å²) in [6.07, 6.45) is 14.8. The predicted octanol–water partition coefficient (Wildman–Crippen LogP) is 5.73. The van der Waals surface area contributed by atoms with E-state index in [1.165, 1.54) is 62.7 Å². The summed E-state index contributed by atoms with van der Waals surface area (Å²) in [5.74, 6) is 2.52. The van der Waals surface area contributed by atoms with E-state index in [0.717, 1.165) is 76.1 Å². The molecule has 2 unspecified atom stereocenters. The lowest BCUT2D eigenvalue weighted by molar-refractivity contribution is -0.109. The van der Waals surface area contributed by atoms with Gasteiger partial charge in [0.15, 0.2) is 11.5 Å². The van der Waals surface area contributed by atoms with Crippen molar-refractivity contribution in [2.24, 2.45) is 0 Å². The van der Waals surface area contributed by atoms with Gasteiger partial charge < -0.3 is 24.8 Å². The first kappa shape index (κ1) is 33.4. The first-order valence-corrected chi connectivity index (χ1v) is 15.7. The van der Waals surface area contributed by atoms with Gasteiger partial charge in [0.25, 0.3) is 0 Å². The Hall–Kier alpha value is -1.83. The van der Waals surface area contributed by atoms with Gasteiger partial charge in [-0.2, -0.15) is 0 Å². The molecule has 224 valence electrons. The molecular weight excluding hydrogens is 490 g/mol. The number of aliphatic hydroxyl groups excluding tert-OH is 1. The topological polar surface area (TPSA) is 74.3 Å². The molecule has 0 aliphatic carbocycles. The molecule has 3 rings (SSSR count). The molecule has 2 aliphatic heterocycles. The van der Waals surface area contributed by atoms with Crippen LogP contribution in [0.5, 0.6) is 11.5 Å². The summed E-state index contributed by atoms with van der Waals surface area (Å²) in [6, 6.07) is 5.32. The van der Waals surface area contributed by atoms with Crippen molar-refractivity contribution in [3.05, 3.63) is 23.3 Å². The zero-order valence-electron chi connectivity index (χ0n) is 25.4. The normalized spacial score (nSPS) is 18.3. The fraction of sp³-hybridized carbons (Fsp3) is 0.781. The first-order chi connectivity index (χ1) is 19.1. The molecule has 0 saturated carbocycles. The van der Waals surface area contributed by atoms with E-state index in [2.05, 4.69) is 55.1 Å². The molecule has 2 N–H and O–H groups in total. The van der Waals surface area contributed by atoms with E-state index in [9.17, 15) is 4.79 Å². The Morgan fingerprint density at radius 3 is 2.56 bits per heavy atom. The lowest BCUT2D eigenvalue weighted by Crippen LogP contribution is -2.34. The molecule has 7 nitrogen and oxygen atoms in total. The third-order valence-electron chi connectivity index (χ3n) is 7.94. The van der Waals surface area contributed by atoms with Crippen LogP contribution in [0.4, 0.5) is 0 Å². The second-order valence-electron chi connectivity index (χ2n) is 11.3. The van der Waals surface area contributed by atoms with E-state index in [0.29, 0.717) is 25.4 Å². The van der Waals surface area contributed by atoms with Gasteiger partial charge >= 0.3 is 0 Å². The van der Waals surface area contributed by atoms with Crippen molar-refractivity contribution in [2.75, 3.05) is 53.2 Å². The zero-order valence-corrected chi connectivity index (χ0v) is 25.4. The van der Waals surface area contributed by atoms with Gasteiger partial charge in [0.2, 0.25) is 13.2 Å². The summed E-state index contributed by atoms with van der Waals surface area (Å²) in [7, 11) is 2.25. The van der Waals surface area contributed by atoms with Crippen molar-refractivity contribution in [1.82, 2.24) is 15.1 Å². The van der Waals surface area contributed by atoms with Crippen molar-refractivity contribution in [3.8, 4) is 11.5 Å². The number of amides is 1. The highest BCUT2D eigenvalue weighted by Crippen LogP contribution is 2.42. The van der Waals surface area contributed by atoms with Crippen molar-refractivity contribution in [2.45, 2.75) is 110 Å². The molecule has 0 bridgehead atoms. The number of fused-ring (bicyclic) bond motifs is 1. The van der Waals surface area contributed by atoms with Crippen LogP contribution in [0.2, 0.25) is 0 Å². The Kier molecular flexibility index (Phi) is 17.2. The zero-order chi connectivity index (χ0) is 28.3. The minimum absolute atomic E-state index is 0.319. The fourth-order valence-electron chi connectivity index (χ4n) is 5.65. The number of nitrogens with zero attached hydrogens (tertiary/aromatic N) is 2. The van der Waals surface area contributed by atoms with Crippen molar-refractivity contribution >= 4 is 6.41 Å². The number of likely N-dealkylation sites (tertiary alicyclic amines) is 1. The second-order valence-corrected chi connectivity index (χ2v) is 11.3. The number of hydrogen-bond acceptors (Lipinski definition) is 6. The van der Waals surface area contributed by atoms with E-state index >= 15 is 0 Å².